The number of rotatable bonds is 8. The molecular formula is C15H21NO4. The zero-order valence-corrected chi connectivity index (χ0v) is 11.9. The Morgan fingerprint density at radius 2 is 2.20 bits per heavy atom. The molecule has 0 spiro atoms. The van der Waals surface area contributed by atoms with Gasteiger partial charge in [0.1, 0.15) is 0 Å². The molecule has 20 heavy (non-hydrogen) atoms. The van der Waals surface area contributed by atoms with Gasteiger partial charge >= 0.3 is 0 Å². The number of nitrogens with one attached hydrogen (secondary N) is 1. The van der Waals surface area contributed by atoms with Crippen molar-refractivity contribution in [3.63, 3.8) is 0 Å². The second-order valence-corrected chi connectivity index (χ2v) is 4.13. The summed E-state index contributed by atoms with van der Waals surface area (Å²) in [5, 5.41) is 11.3. The second-order valence-electron chi connectivity index (χ2n) is 4.13. The van der Waals surface area contributed by atoms with Gasteiger partial charge in [0.2, 0.25) is 0 Å². The van der Waals surface area contributed by atoms with Gasteiger partial charge in [0.05, 0.1) is 7.11 Å². The van der Waals surface area contributed by atoms with Crippen molar-refractivity contribution in [3.8, 4) is 11.5 Å². The van der Waals surface area contributed by atoms with Crippen LogP contribution in [0.4, 0.5) is 0 Å². The van der Waals surface area contributed by atoms with Crippen LogP contribution >= 0.6 is 0 Å². The lowest BCUT2D eigenvalue weighted by molar-refractivity contribution is -0.123. The van der Waals surface area contributed by atoms with E-state index in [2.05, 4.69) is 5.32 Å². The molecule has 0 bridgehead atoms. The van der Waals surface area contributed by atoms with E-state index in [9.17, 15) is 4.79 Å². The molecule has 1 rings (SSSR count). The van der Waals surface area contributed by atoms with Crippen LogP contribution in [0.15, 0.2) is 24.3 Å². The molecule has 0 radical (unpaired) electrons. The fourth-order valence-corrected chi connectivity index (χ4v) is 1.60. The lowest BCUT2D eigenvalue weighted by Crippen LogP contribution is -2.30. The van der Waals surface area contributed by atoms with Gasteiger partial charge in [-0.1, -0.05) is 18.2 Å². The van der Waals surface area contributed by atoms with Gasteiger partial charge in [0.25, 0.3) is 5.91 Å². The molecule has 1 aromatic carbocycles. The van der Waals surface area contributed by atoms with Crippen LogP contribution in [0.5, 0.6) is 11.5 Å². The van der Waals surface area contributed by atoms with Crippen LogP contribution in [0.1, 0.15) is 18.9 Å². The first-order valence-corrected chi connectivity index (χ1v) is 6.52. The zero-order chi connectivity index (χ0) is 14.8. The van der Waals surface area contributed by atoms with Crippen LogP contribution in [0, 0.1) is 0 Å². The standard InChI is InChI=1S/C15H21NO4/c1-3-5-12-6-7-13(14(10-12)19-2)20-11-15(18)16-8-4-9-17/h3,5-7,10,17H,4,8-9,11H2,1-2H3,(H,16,18)/b5-3+. The smallest absolute Gasteiger partial charge is 0.257 e. The highest BCUT2D eigenvalue weighted by atomic mass is 16.5. The average molecular weight is 279 g/mol. The fraction of sp³-hybridized carbons (Fsp3) is 0.400. The minimum Gasteiger partial charge on any atom is -0.493 e. The number of amides is 1. The first kappa shape index (κ1) is 16.0. The number of ether oxygens (including phenoxy) is 2. The Balaban J connectivity index is 2.56. The largest absolute Gasteiger partial charge is 0.493 e. The number of benzene rings is 1. The Morgan fingerprint density at radius 3 is 2.85 bits per heavy atom. The van der Waals surface area contributed by atoms with Crippen molar-refractivity contribution in [1.82, 2.24) is 5.32 Å². The molecule has 0 unspecified atom stereocenters. The van der Waals surface area contributed by atoms with Gasteiger partial charge in [-0.25, -0.2) is 0 Å². The van der Waals surface area contributed by atoms with Crippen LogP contribution in [-0.2, 0) is 4.79 Å². The van der Waals surface area contributed by atoms with E-state index in [-0.39, 0.29) is 19.1 Å². The van der Waals surface area contributed by atoms with Crippen LogP contribution < -0.4 is 14.8 Å². The normalized spacial score (nSPS) is 10.6. The molecule has 0 heterocycles. The molecule has 0 saturated carbocycles. The predicted molar refractivity (Wildman–Crippen MR) is 77.9 cm³/mol. The zero-order valence-electron chi connectivity index (χ0n) is 11.9. The third kappa shape index (κ3) is 5.32. The number of allylic oxidation sites excluding steroid dienone is 1. The molecule has 0 saturated heterocycles. The average Bonchev–Trinajstić information content (AvgIpc) is 2.46. The number of methoxy groups -OCH3 is 1. The van der Waals surface area contributed by atoms with Crippen molar-refractivity contribution < 1.29 is 19.4 Å². The Morgan fingerprint density at radius 1 is 1.40 bits per heavy atom. The van der Waals surface area contributed by atoms with Gasteiger partial charge in [0, 0.05) is 13.2 Å². The quantitative estimate of drug-likeness (QED) is 0.709. The SMILES string of the molecule is C/C=C/c1ccc(OCC(=O)NCCCO)c(OC)c1. The molecule has 0 aliphatic rings. The molecule has 5 heteroatoms. The lowest BCUT2D eigenvalue weighted by Gasteiger charge is -2.11. The van der Waals surface area contributed by atoms with Crippen LogP contribution in [0.3, 0.4) is 0 Å². The Bertz CT molecular complexity index is 457. The van der Waals surface area contributed by atoms with Crippen molar-refractivity contribution >= 4 is 12.0 Å². The maximum absolute atomic E-state index is 11.5. The van der Waals surface area contributed by atoms with E-state index in [0.29, 0.717) is 24.5 Å². The number of carbonyl (C=O) groups is 1. The summed E-state index contributed by atoms with van der Waals surface area (Å²) in [6.07, 6.45) is 4.42. The predicted octanol–water partition coefficient (Wildman–Crippen LogP) is 1.61. The number of hydrogen-bond acceptors (Lipinski definition) is 4. The summed E-state index contributed by atoms with van der Waals surface area (Å²) in [5.74, 6) is 0.889. The molecule has 0 aliphatic carbocycles. The summed E-state index contributed by atoms with van der Waals surface area (Å²) >= 11 is 0. The first-order valence-electron chi connectivity index (χ1n) is 6.52. The monoisotopic (exact) mass is 279 g/mol. The van der Waals surface area contributed by atoms with Crippen molar-refractivity contribution in [1.29, 1.82) is 0 Å². The number of carbonyl (C=O) groups excluding carboxylic acids is 1. The van der Waals surface area contributed by atoms with Gasteiger partial charge in [-0.15, -0.1) is 0 Å². The van der Waals surface area contributed by atoms with E-state index in [0.717, 1.165) is 5.56 Å². The number of hydrogen-bond donors (Lipinski definition) is 2. The van der Waals surface area contributed by atoms with Crippen molar-refractivity contribution in [3.05, 3.63) is 29.8 Å². The molecule has 110 valence electrons. The van der Waals surface area contributed by atoms with E-state index >= 15 is 0 Å². The Hall–Kier alpha value is -2.01. The molecular weight excluding hydrogens is 258 g/mol. The summed E-state index contributed by atoms with van der Waals surface area (Å²) in [5.41, 5.74) is 1.00. The highest BCUT2D eigenvalue weighted by molar-refractivity contribution is 5.77. The fourth-order valence-electron chi connectivity index (χ4n) is 1.60. The van der Waals surface area contributed by atoms with Crippen molar-refractivity contribution in [2.45, 2.75) is 13.3 Å². The minimum absolute atomic E-state index is 0.0569. The van der Waals surface area contributed by atoms with E-state index in [4.69, 9.17) is 14.6 Å². The number of aliphatic hydroxyl groups excluding tert-OH is 1. The van der Waals surface area contributed by atoms with E-state index in [1.165, 1.54) is 0 Å². The maximum atomic E-state index is 11.5. The maximum Gasteiger partial charge on any atom is 0.257 e. The van der Waals surface area contributed by atoms with Gasteiger partial charge < -0.3 is 19.9 Å². The first-order chi connectivity index (χ1) is 9.71. The number of aliphatic hydroxyl groups is 1. The molecule has 1 aromatic rings. The summed E-state index contributed by atoms with van der Waals surface area (Å²) in [6, 6.07) is 5.51. The van der Waals surface area contributed by atoms with Gasteiger partial charge in [0.15, 0.2) is 18.1 Å². The van der Waals surface area contributed by atoms with Gasteiger partial charge in [-0.05, 0) is 31.0 Å². The van der Waals surface area contributed by atoms with Crippen LogP contribution in [0.25, 0.3) is 6.08 Å². The van der Waals surface area contributed by atoms with Crippen molar-refractivity contribution in [2.75, 3.05) is 26.9 Å². The van der Waals surface area contributed by atoms with E-state index in [1.54, 1.807) is 13.2 Å². The van der Waals surface area contributed by atoms with E-state index in [1.807, 2.05) is 31.2 Å². The Kier molecular flexibility index (Phi) is 7.21. The van der Waals surface area contributed by atoms with Gasteiger partial charge in [-0.2, -0.15) is 0 Å². The third-order valence-electron chi connectivity index (χ3n) is 2.56. The topological polar surface area (TPSA) is 67.8 Å². The summed E-state index contributed by atoms with van der Waals surface area (Å²) < 4.78 is 10.7. The highest BCUT2D eigenvalue weighted by Crippen LogP contribution is 2.28. The molecule has 0 atom stereocenters. The summed E-state index contributed by atoms with van der Waals surface area (Å²) in [7, 11) is 1.56. The van der Waals surface area contributed by atoms with Crippen LogP contribution in [0.2, 0.25) is 0 Å². The molecule has 1 amide bonds. The van der Waals surface area contributed by atoms with Crippen molar-refractivity contribution in [2.24, 2.45) is 0 Å². The van der Waals surface area contributed by atoms with Crippen LogP contribution in [-0.4, -0.2) is 37.9 Å². The molecule has 0 aromatic heterocycles. The second kappa shape index (κ2) is 8.98. The summed E-state index contributed by atoms with van der Waals surface area (Å²) in [6.45, 7) is 2.36. The molecule has 0 fully saturated rings. The molecule has 0 aliphatic heterocycles. The minimum atomic E-state index is -0.224. The third-order valence-corrected chi connectivity index (χ3v) is 2.56. The summed E-state index contributed by atoms with van der Waals surface area (Å²) in [4.78, 5) is 11.5. The Labute approximate surface area is 119 Å². The molecule has 2 N–H and O–H groups in total. The highest BCUT2D eigenvalue weighted by Gasteiger charge is 2.07. The van der Waals surface area contributed by atoms with Gasteiger partial charge in [-0.3, -0.25) is 4.79 Å². The lowest BCUT2D eigenvalue weighted by atomic mass is 10.2. The molecule has 5 nitrogen and oxygen atoms in total. The van der Waals surface area contributed by atoms with E-state index < -0.39 is 0 Å².